The molecule has 0 aliphatic carbocycles. The molecule has 2 unspecified atom stereocenters. The molecule has 0 saturated heterocycles. The van der Waals surface area contributed by atoms with Crippen LogP contribution in [0, 0.1) is 0 Å². The van der Waals surface area contributed by atoms with Crippen molar-refractivity contribution in [2.24, 2.45) is 0 Å². The molecule has 0 amide bonds. The highest BCUT2D eigenvalue weighted by Gasteiger charge is 2.37. The van der Waals surface area contributed by atoms with Gasteiger partial charge in [-0.2, -0.15) is 0 Å². The van der Waals surface area contributed by atoms with Crippen molar-refractivity contribution < 1.29 is 8.95 Å². The van der Waals surface area contributed by atoms with E-state index in [4.69, 9.17) is 4.74 Å². The minimum absolute atomic E-state index is 0.281. The van der Waals surface area contributed by atoms with Gasteiger partial charge in [0.2, 0.25) is 0 Å². The molecule has 106 valence electrons. The molecule has 1 N–H and O–H groups in total. The molecule has 0 fully saturated rings. The zero-order chi connectivity index (χ0) is 14.3. The molecule has 0 radical (unpaired) electrons. The number of ether oxygens (including phenoxy) is 1. The summed E-state index contributed by atoms with van der Waals surface area (Å²) in [6.07, 6.45) is 0.809. The van der Waals surface area contributed by atoms with Crippen LogP contribution in [-0.4, -0.2) is 15.6 Å². The van der Waals surface area contributed by atoms with Crippen molar-refractivity contribution in [3.63, 3.8) is 0 Å². The Kier molecular flexibility index (Phi) is 4.10. The largest absolute Gasteiger partial charge is 0.493 e. The highest BCUT2D eigenvalue weighted by atomic mass is 79.9. The van der Waals surface area contributed by atoms with Crippen LogP contribution >= 0.6 is 15.9 Å². The molecule has 19 heavy (non-hydrogen) atoms. The standard InChI is InChI=1S/C14H20BrNO2S/c1-13(2,3)19(17)16-14(4)7-8-18-12-9-10(15)5-6-11(12)14/h5-6,9,16H,7-8H2,1-4H3. The van der Waals surface area contributed by atoms with E-state index in [1.165, 1.54) is 0 Å². The summed E-state index contributed by atoms with van der Waals surface area (Å²) in [7, 11) is -1.10. The third-order valence-corrected chi connectivity index (χ3v) is 5.51. The lowest BCUT2D eigenvalue weighted by atomic mass is 9.88. The number of benzene rings is 1. The van der Waals surface area contributed by atoms with E-state index in [9.17, 15) is 4.21 Å². The summed E-state index contributed by atoms with van der Waals surface area (Å²) in [6.45, 7) is 8.64. The van der Waals surface area contributed by atoms with Gasteiger partial charge in [0.1, 0.15) is 5.75 Å². The summed E-state index contributed by atoms with van der Waals surface area (Å²) in [4.78, 5) is 0. The van der Waals surface area contributed by atoms with Gasteiger partial charge in [0.15, 0.2) is 0 Å². The van der Waals surface area contributed by atoms with Crippen LogP contribution in [0.4, 0.5) is 0 Å². The zero-order valence-corrected chi connectivity index (χ0v) is 14.2. The number of halogens is 1. The summed E-state index contributed by atoms with van der Waals surface area (Å²) >= 11 is 3.45. The Bertz CT molecular complexity index is 513. The number of fused-ring (bicyclic) bond motifs is 1. The summed E-state index contributed by atoms with van der Waals surface area (Å²) in [5.74, 6) is 0.863. The van der Waals surface area contributed by atoms with Gasteiger partial charge in [0.25, 0.3) is 0 Å². The predicted molar refractivity (Wildman–Crippen MR) is 82.6 cm³/mol. The van der Waals surface area contributed by atoms with Crippen molar-refractivity contribution in [2.75, 3.05) is 6.61 Å². The Morgan fingerprint density at radius 1 is 1.42 bits per heavy atom. The van der Waals surface area contributed by atoms with E-state index in [1.807, 2.05) is 39.0 Å². The molecule has 0 spiro atoms. The van der Waals surface area contributed by atoms with Crippen LogP contribution in [0.5, 0.6) is 5.75 Å². The van der Waals surface area contributed by atoms with E-state index in [0.717, 1.165) is 22.2 Å². The van der Waals surface area contributed by atoms with Crippen molar-refractivity contribution in [3.8, 4) is 5.75 Å². The maximum absolute atomic E-state index is 12.4. The van der Waals surface area contributed by atoms with Gasteiger partial charge in [-0.05, 0) is 39.8 Å². The van der Waals surface area contributed by atoms with Crippen molar-refractivity contribution in [1.29, 1.82) is 0 Å². The van der Waals surface area contributed by atoms with Crippen LogP contribution in [0.2, 0.25) is 0 Å². The van der Waals surface area contributed by atoms with Gasteiger partial charge < -0.3 is 4.74 Å². The van der Waals surface area contributed by atoms with E-state index in [0.29, 0.717) is 6.61 Å². The topological polar surface area (TPSA) is 38.3 Å². The number of hydrogen-bond donors (Lipinski definition) is 1. The number of hydrogen-bond acceptors (Lipinski definition) is 2. The van der Waals surface area contributed by atoms with Gasteiger partial charge in [0, 0.05) is 16.5 Å². The maximum Gasteiger partial charge on any atom is 0.125 e. The smallest absolute Gasteiger partial charge is 0.125 e. The maximum atomic E-state index is 12.4. The lowest BCUT2D eigenvalue weighted by Crippen LogP contribution is -2.48. The van der Waals surface area contributed by atoms with E-state index >= 15 is 0 Å². The van der Waals surface area contributed by atoms with E-state index < -0.39 is 11.0 Å². The van der Waals surface area contributed by atoms with Gasteiger partial charge in [0.05, 0.1) is 27.9 Å². The molecule has 1 aromatic carbocycles. The summed E-state index contributed by atoms with van der Waals surface area (Å²) in [6, 6.07) is 5.99. The Morgan fingerprint density at radius 3 is 2.74 bits per heavy atom. The third-order valence-electron chi connectivity index (χ3n) is 3.27. The van der Waals surface area contributed by atoms with Gasteiger partial charge in [-0.1, -0.05) is 22.0 Å². The molecule has 1 aliphatic heterocycles. The first-order valence-corrected chi connectivity index (χ1v) is 8.29. The molecule has 0 bridgehead atoms. The van der Waals surface area contributed by atoms with Crippen molar-refractivity contribution in [3.05, 3.63) is 28.2 Å². The molecule has 1 aromatic rings. The first-order valence-electron chi connectivity index (χ1n) is 6.35. The van der Waals surface area contributed by atoms with E-state index in [1.54, 1.807) is 0 Å². The third kappa shape index (κ3) is 3.20. The van der Waals surface area contributed by atoms with Crippen LogP contribution < -0.4 is 9.46 Å². The van der Waals surface area contributed by atoms with Crippen LogP contribution in [0.15, 0.2) is 22.7 Å². The second-order valence-corrected chi connectivity index (χ2v) is 8.94. The highest BCUT2D eigenvalue weighted by Crippen LogP contribution is 2.39. The van der Waals surface area contributed by atoms with Gasteiger partial charge in [-0.25, -0.2) is 8.93 Å². The summed E-state index contributed by atoms with van der Waals surface area (Å²) < 4.78 is 22.1. The molecule has 2 atom stereocenters. The molecule has 0 saturated carbocycles. The Balaban J connectivity index is 2.34. The summed E-state index contributed by atoms with van der Waals surface area (Å²) in [5.41, 5.74) is 0.756. The lowest BCUT2D eigenvalue weighted by Gasteiger charge is -2.38. The quantitative estimate of drug-likeness (QED) is 0.890. The first kappa shape index (κ1) is 15.0. The molecule has 5 heteroatoms. The molecular formula is C14H20BrNO2S. The average molecular weight is 346 g/mol. The van der Waals surface area contributed by atoms with E-state index in [2.05, 4.69) is 27.6 Å². The van der Waals surface area contributed by atoms with Crippen molar-refractivity contribution in [1.82, 2.24) is 4.72 Å². The second-order valence-electron chi connectivity index (χ2n) is 6.05. The molecule has 3 nitrogen and oxygen atoms in total. The van der Waals surface area contributed by atoms with Crippen molar-refractivity contribution >= 4 is 26.9 Å². The average Bonchev–Trinajstić information content (AvgIpc) is 2.27. The lowest BCUT2D eigenvalue weighted by molar-refractivity contribution is 0.216. The van der Waals surface area contributed by atoms with Crippen LogP contribution in [0.25, 0.3) is 0 Å². The molecule has 2 rings (SSSR count). The Hall–Kier alpha value is -0.390. The highest BCUT2D eigenvalue weighted by molar-refractivity contribution is 9.10. The SMILES string of the molecule is CC1(NS(=O)C(C)(C)C)CCOc2cc(Br)ccc21. The normalized spacial score (nSPS) is 24.5. The van der Waals surface area contributed by atoms with Crippen LogP contribution in [0.3, 0.4) is 0 Å². The minimum Gasteiger partial charge on any atom is -0.493 e. The minimum atomic E-state index is -1.10. The number of rotatable bonds is 2. The van der Waals surface area contributed by atoms with Gasteiger partial charge >= 0.3 is 0 Å². The summed E-state index contributed by atoms with van der Waals surface area (Å²) in [5, 5.41) is 0. The fourth-order valence-corrected chi connectivity index (χ4v) is 3.30. The van der Waals surface area contributed by atoms with Crippen molar-refractivity contribution in [2.45, 2.75) is 44.4 Å². The molecule has 0 aromatic heterocycles. The molecule has 1 heterocycles. The fourth-order valence-electron chi connectivity index (χ4n) is 2.03. The van der Waals surface area contributed by atoms with Gasteiger partial charge in [-0.15, -0.1) is 0 Å². The molecular weight excluding hydrogens is 326 g/mol. The monoisotopic (exact) mass is 345 g/mol. The second kappa shape index (κ2) is 5.19. The Labute approximate surface area is 125 Å². The van der Waals surface area contributed by atoms with Gasteiger partial charge in [-0.3, -0.25) is 0 Å². The Morgan fingerprint density at radius 2 is 2.11 bits per heavy atom. The zero-order valence-electron chi connectivity index (χ0n) is 11.7. The van der Waals surface area contributed by atoms with Crippen LogP contribution in [0.1, 0.15) is 39.7 Å². The fraction of sp³-hybridized carbons (Fsp3) is 0.571. The first-order chi connectivity index (χ1) is 8.72. The van der Waals surface area contributed by atoms with E-state index in [-0.39, 0.29) is 10.3 Å². The predicted octanol–water partition coefficient (Wildman–Crippen LogP) is 3.50. The van der Waals surface area contributed by atoms with Crippen LogP contribution in [-0.2, 0) is 16.5 Å². The molecule has 1 aliphatic rings. The number of nitrogens with one attached hydrogen (secondary N) is 1.